The van der Waals surface area contributed by atoms with E-state index in [-0.39, 0.29) is 0 Å². The first-order chi connectivity index (χ1) is 8.66. The van der Waals surface area contributed by atoms with Crippen molar-refractivity contribution in [3.8, 4) is 0 Å². The van der Waals surface area contributed by atoms with Crippen LogP contribution in [0.4, 0.5) is 11.4 Å². The van der Waals surface area contributed by atoms with Gasteiger partial charge < -0.3 is 11.1 Å². The van der Waals surface area contributed by atoms with Crippen LogP contribution in [0.3, 0.4) is 0 Å². The lowest BCUT2D eigenvalue weighted by Crippen LogP contribution is -2.07. The van der Waals surface area contributed by atoms with Crippen molar-refractivity contribution >= 4 is 11.4 Å². The number of anilines is 2. The summed E-state index contributed by atoms with van der Waals surface area (Å²) in [6.45, 7) is 5.19. The fourth-order valence-electron chi connectivity index (χ4n) is 2.06. The maximum Gasteiger partial charge on any atom is 0.0574 e. The number of aryl methyl sites for hydroxylation is 2. The van der Waals surface area contributed by atoms with Crippen LogP contribution in [0.1, 0.15) is 16.7 Å². The third-order valence-corrected chi connectivity index (χ3v) is 3.18. The average Bonchev–Trinajstić information content (AvgIpc) is 2.36. The summed E-state index contributed by atoms with van der Waals surface area (Å²) in [6, 6.07) is 14.5. The Kier molecular flexibility index (Phi) is 3.88. The van der Waals surface area contributed by atoms with Crippen LogP contribution in [0.2, 0.25) is 0 Å². The lowest BCUT2D eigenvalue weighted by atomic mass is 10.0. The minimum Gasteiger partial charge on any atom is -0.397 e. The third kappa shape index (κ3) is 3.04. The van der Waals surface area contributed by atoms with Crippen LogP contribution in [0.25, 0.3) is 0 Å². The van der Waals surface area contributed by atoms with Gasteiger partial charge in [-0.2, -0.15) is 0 Å². The van der Waals surface area contributed by atoms with E-state index >= 15 is 0 Å². The molecule has 3 N–H and O–H groups in total. The smallest absolute Gasteiger partial charge is 0.0574 e. The third-order valence-electron chi connectivity index (χ3n) is 3.18. The molecule has 0 saturated heterocycles. The molecule has 0 aliphatic rings. The molecule has 0 amide bonds. The number of nitrogens with one attached hydrogen (secondary N) is 1. The van der Waals surface area contributed by atoms with Gasteiger partial charge in [-0.15, -0.1) is 0 Å². The van der Waals surface area contributed by atoms with Gasteiger partial charge in [0.15, 0.2) is 0 Å². The molecule has 2 aromatic rings. The van der Waals surface area contributed by atoms with Crippen molar-refractivity contribution in [2.75, 3.05) is 17.6 Å². The summed E-state index contributed by atoms with van der Waals surface area (Å²) in [5.41, 5.74) is 11.8. The quantitative estimate of drug-likeness (QED) is 0.802. The normalized spacial score (nSPS) is 10.3. The number of para-hydroxylation sites is 2. The summed E-state index contributed by atoms with van der Waals surface area (Å²) in [5.74, 6) is 0. The Balaban J connectivity index is 1.96. The number of hydrogen-bond acceptors (Lipinski definition) is 2. The average molecular weight is 240 g/mol. The van der Waals surface area contributed by atoms with Gasteiger partial charge in [-0.1, -0.05) is 35.9 Å². The van der Waals surface area contributed by atoms with Crippen LogP contribution in [-0.4, -0.2) is 6.54 Å². The van der Waals surface area contributed by atoms with E-state index in [1.807, 2.05) is 24.3 Å². The highest BCUT2D eigenvalue weighted by molar-refractivity contribution is 5.65. The van der Waals surface area contributed by atoms with Crippen LogP contribution in [0.15, 0.2) is 42.5 Å². The van der Waals surface area contributed by atoms with Gasteiger partial charge in [0.05, 0.1) is 11.4 Å². The summed E-state index contributed by atoms with van der Waals surface area (Å²) < 4.78 is 0. The standard InChI is InChI=1S/C16H20N2/c1-12-7-8-13(2)14(11-12)9-10-18-16-6-4-3-5-15(16)17/h3-8,11,18H,9-10,17H2,1-2H3. The topological polar surface area (TPSA) is 38.0 Å². The molecule has 0 spiro atoms. The van der Waals surface area contributed by atoms with Crippen molar-refractivity contribution in [2.45, 2.75) is 20.3 Å². The van der Waals surface area contributed by atoms with Gasteiger partial charge in [-0.25, -0.2) is 0 Å². The SMILES string of the molecule is Cc1ccc(C)c(CCNc2ccccc2N)c1. The second kappa shape index (κ2) is 5.58. The molecular weight excluding hydrogens is 220 g/mol. The van der Waals surface area contributed by atoms with Crippen LogP contribution in [-0.2, 0) is 6.42 Å². The fraction of sp³-hybridized carbons (Fsp3) is 0.250. The van der Waals surface area contributed by atoms with E-state index in [0.29, 0.717) is 0 Å². The minimum absolute atomic E-state index is 0.804. The van der Waals surface area contributed by atoms with Gasteiger partial charge in [-0.3, -0.25) is 0 Å². The van der Waals surface area contributed by atoms with Gasteiger partial charge >= 0.3 is 0 Å². The molecule has 2 aromatic carbocycles. The second-order valence-corrected chi connectivity index (χ2v) is 4.69. The monoisotopic (exact) mass is 240 g/mol. The highest BCUT2D eigenvalue weighted by Gasteiger charge is 2.00. The van der Waals surface area contributed by atoms with E-state index in [2.05, 4.69) is 37.4 Å². The molecular formula is C16H20N2. The zero-order chi connectivity index (χ0) is 13.0. The Morgan fingerprint density at radius 2 is 1.83 bits per heavy atom. The van der Waals surface area contributed by atoms with Crippen LogP contribution < -0.4 is 11.1 Å². The van der Waals surface area contributed by atoms with E-state index in [4.69, 9.17) is 5.73 Å². The number of nitrogen functional groups attached to an aromatic ring is 1. The molecule has 18 heavy (non-hydrogen) atoms. The number of rotatable bonds is 4. The van der Waals surface area contributed by atoms with E-state index in [9.17, 15) is 0 Å². The molecule has 0 aliphatic heterocycles. The summed E-state index contributed by atoms with van der Waals surface area (Å²) in [6.07, 6.45) is 1.02. The molecule has 0 heterocycles. The molecule has 2 heteroatoms. The predicted molar refractivity (Wildman–Crippen MR) is 79.0 cm³/mol. The molecule has 0 fully saturated rings. The molecule has 0 atom stereocenters. The second-order valence-electron chi connectivity index (χ2n) is 4.69. The lowest BCUT2D eigenvalue weighted by Gasteiger charge is -2.11. The highest BCUT2D eigenvalue weighted by Crippen LogP contribution is 2.17. The van der Waals surface area contributed by atoms with Gasteiger partial charge in [-0.05, 0) is 43.5 Å². The maximum absolute atomic E-state index is 5.89. The highest BCUT2D eigenvalue weighted by atomic mass is 14.9. The predicted octanol–water partition coefficient (Wildman–Crippen LogP) is 3.54. The molecule has 0 saturated carbocycles. The molecule has 0 aliphatic carbocycles. The van der Waals surface area contributed by atoms with E-state index < -0.39 is 0 Å². The van der Waals surface area contributed by atoms with Crippen molar-refractivity contribution in [3.05, 3.63) is 59.2 Å². The lowest BCUT2D eigenvalue weighted by molar-refractivity contribution is 1.00. The Morgan fingerprint density at radius 1 is 1.06 bits per heavy atom. The number of hydrogen-bond donors (Lipinski definition) is 2. The molecule has 0 unspecified atom stereocenters. The summed E-state index contributed by atoms with van der Waals surface area (Å²) in [7, 11) is 0. The van der Waals surface area contributed by atoms with Crippen LogP contribution in [0, 0.1) is 13.8 Å². The van der Waals surface area contributed by atoms with Crippen LogP contribution >= 0.6 is 0 Å². The Hall–Kier alpha value is -1.96. The fourth-order valence-corrected chi connectivity index (χ4v) is 2.06. The van der Waals surface area contributed by atoms with E-state index in [0.717, 1.165) is 24.3 Å². The molecule has 2 nitrogen and oxygen atoms in total. The first kappa shape index (κ1) is 12.5. The van der Waals surface area contributed by atoms with Crippen molar-refractivity contribution < 1.29 is 0 Å². The van der Waals surface area contributed by atoms with Crippen molar-refractivity contribution in [1.29, 1.82) is 0 Å². The minimum atomic E-state index is 0.804. The summed E-state index contributed by atoms with van der Waals surface area (Å²) in [4.78, 5) is 0. The van der Waals surface area contributed by atoms with Gasteiger partial charge in [0.2, 0.25) is 0 Å². The molecule has 94 valence electrons. The number of nitrogens with two attached hydrogens (primary N) is 1. The maximum atomic E-state index is 5.89. The number of benzene rings is 2. The Bertz CT molecular complexity index is 532. The summed E-state index contributed by atoms with van der Waals surface area (Å²) in [5, 5.41) is 3.38. The zero-order valence-electron chi connectivity index (χ0n) is 11.0. The summed E-state index contributed by atoms with van der Waals surface area (Å²) >= 11 is 0. The van der Waals surface area contributed by atoms with Gasteiger partial charge in [0.1, 0.15) is 0 Å². The van der Waals surface area contributed by atoms with E-state index in [1.54, 1.807) is 0 Å². The molecule has 2 rings (SSSR count). The van der Waals surface area contributed by atoms with Crippen molar-refractivity contribution in [2.24, 2.45) is 0 Å². The molecule has 0 bridgehead atoms. The van der Waals surface area contributed by atoms with E-state index in [1.165, 1.54) is 16.7 Å². The zero-order valence-corrected chi connectivity index (χ0v) is 11.0. The van der Waals surface area contributed by atoms with Crippen molar-refractivity contribution in [3.63, 3.8) is 0 Å². The molecule has 0 radical (unpaired) electrons. The first-order valence-corrected chi connectivity index (χ1v) is 6.31. The first-order valence-electron chi connectivity index (χ1n) is 6.31. The van der Waals surface area contributed by atoms with Crippen LogP contribution in [0.5, 0.6) is 0 Å². The molecule has 0 aromatic heterocycles. The largest absolute Gasteiger partial charge is 0.397 e. The Labute approximate surface area is 109 Å². The van der Waals surface area contributed by atoms with Gasteiger partial charge in [0, 0.05) is 6.54 Å². The Morgan fingerprint density at radius 3 is 2.61 bits per heavy atom. The van der Waals surface area contributed by atoms with Gasteiger partial charge in [0.25, 0.3) is 0 Å². The van der Waals surface area contributed by atoms with Crippen molar-refractivity contribution in [1.82, 2.24) is 0 Å².